The molecule has 5 rings (SSSR count). The lowest BCUT2D eigenvalue weighted by Crippen LogP contribution is -2.63. The first-order valence-electron chi connectivity index (χ1n) is 15.2. The molecule has 2 heterocycles. The minimum atomic E-state index is -0.567. The summed E-state index contributed by atoms with van der Waals surface area (Å²) in [6, 6.07) is 19.6. The van der Waals surface area contributed by atoms with E-state index in [1.54, 1.807) is 23.2 Å². The third-order valence-corrected chi connectivity index (χ3v) is 8.57. The fourth-order valence-electron chi connectivity index (χ4n) is 6.02. The number of hydrogen-bond donors (Lipinski definition) is 3. The topological polar surface area (TPSA) is 117 Å². The largest absolute Gasteiger partial charge is 0.354 e. The number of hydrogen-bond acceptors (Lipinski definition) is 5. The van der Waals surface area contributed by atoms with Gasteiger partial charge in [0.25, 0.3) is 0 Å². The molecular weight excluding hydrogens is 526 g/mol. The van der Waals surface area contributed by atoms with Crippen LogP contribution in [-0.2, 0) is 17.6 Å². The standard InChI is InChI=1S/C33H41N7O2/c1-24(27-8-4-2-5-9-27)39-18-19-40(33(42)38-28-10-6-3-7-11-28)30(23-39)32(41)35-17-16-29-22-36-31(37-29)20-25-12-14-26(21-34)15-13-25/h2,4-5,8-9,12-15,22,24,28,30H,3,6-7,10-11,16-20,23H2,1H3,(H,35,41)(H,36,37)(H,38,42)/t24?,30-/m1/s1. The maximum absolute atomic E-state index is 13.6. The number of aromatic amines is 1. The summed E-state index contributed by atoms with van der Waals surface area (Å²) in [5.41, 5.74) is 3.85. The molecule has 220 valence electrons. The third-order valence-electron chi connectivity index (χ3n) is 8.57. The predicted molar refractivity (Wildman–Crippen MR) is 162 cm³/mol. The van der Waals surface area contributed by atoms with Crippen molar-refractivity contribution in [3.63, 3.8) is 0 Å². The van der Waals surface area contributed by atoms with Crippen LogP contribution < -0.4 is 10.6 Å². The Morgan fingerprint density at radius 3 is 2.57 bits per heavy atom. The fraction of sp³-hybridized carbons (Fsp3) is 0.455. The maximum atomic E-state index is 13.6. The number of benzene rings is 2. The molecule has 9 nitrogen and oxygen atoms in total. The predicted octanol–water partition coefficient (Wildman–Crippen LogP) is 4.32. The molecule has 2 aliphatic rings. The van der Waals surface area contributed by atoms with Crippen LogP contribution in [0.4, 0.5) is 4.79 Å². The lowest BCUT2D eigenvalue weighted by Gasteiger charge is -2.43. The van der Waals surface area contributed by atoms with Crippen molar-refractivity contribution >= 4 is 11.9 Å². The first-order valence-corrected chi connectivity index (χ1v) is 15.2. The van der Waals surface area contributed by atoms with Crippen LogP contribution in [0.2, 0.25) is 0 Å². The van der Waals surface area contributed by atoms with Gasteiger partial charge in [0.1, 0.15) is 11.9 Å². The Labute approximate surface area is 248 Å². The third kappa shape index (κ3) is 7.56. The average molecular weight is 568 g/mol. The van der Waals surface area contributed by atoms with Gasteiger partial charge < -0.3 is 20.5 Å². The quantitative estimate of drug-likeness (QED) is 0.356. The van der Waals surface area contributed by atoms with Crippen molar-refractivity contribution in [2.24, 2.45) is 0 Å². The molecule has 0 bridgehead atoms. The van der Waals surface area contributed by atoms with E-state index in [4.69, 9.17) is 5.26 Å². The molecule has 1 saturated heterocycles. The fourth-order valence-corrected chi connectivity index (χ4v) is 6.02. The van der Waals surface area contributed by atoms with Gasteiger partial charge in [-0.2, -0.15) is 5.26 Å². The number of nitriles is 1. The van der Waals surface area contributed by atoms with E-state index >= 15 is 0 Å². The van der Waals surface area contributed by atoms with Gasteiger partial charge >= 0.3 is 6.03 Å². The Balaban J connectivity index is 1.19. The Morgan fingerprint density at radius 2 is 1.83 bits per heavy atom. The number of urea groups is 1. The minimum Gasteiger partial charge on any atom is -0.354 e. The molecule has 3 N–H and O–H groups in total. The molecule has 1 saturated carbocycles. The lowest BCUT2D eigenvalue weighted by molar-refractivity contribution is -0.127. The molecule has 2 atom stereocenters. The normalized spacial score (nSPS) is 18.7. The van der Waals surface area contributed by atoms with Crippen LogP contribution in [0.1, 0.15) is 73.3 Å². The van der Waals surface area contributed by atoms with Gasteiger partial charge in [0.15, 0.2) is 0 Å². The molecular formula is C33H41N7O2. The van der Waals surface area contributed by atoms with Crippen molar-refractivity contribution in [1.29, 1.82) is 5.26 Å². The Morgan fingerprint density at radius 1 is 1.07 bits per heavy atom. The van der Waals surface area contributed by atoms with Crippen molar-refractivity contribution in [2.75, 3.05) is 26.2 Å². The van der Waals surface area contributed by atoms with Gasteiger partial charge in [-0.3, -0.25) is 9.69 Å². The number of carbonyl (C=O) groups excluding carboxylic acids is 2. The van der Waals surface area contributed by atoms with Crippen LogP contribution >= 0.6 is 0 Å². The number of carbonyl (C=O) groups is 2. The van der Waals surface area contributed by atoms with E-state index in [1.165, 1.54) is 12.0 Å². The van der Waals surface area contributed by atoms with E-state index in [0.717, 1.165) is 42.8 Å². The van der Waals surface area contributed by atoms with Crippen LogP contribution in [0.15, 0.2) is 60.8 Å². The number of amides is 3. The van der Waals surface area contributed by atoms with Crippen molar-refractivity contribution in [3.05, 3.63) is 89.0 Å². The highest BCUT2D eigenvalue weighted by Gasteiger charge is 2.37. The lowest BCUT2D eigenvalue weighted by atomic mass is 9.95. The van der Waals surface area contributed by atoms with Gasteiger partial charge in [0, 0.05) is 63.0 Å². The summed E-state index contributed by atoms with van der Waals surface area (Å²) < 4.78 is 0. The SMILES string of the molecule is CC(c1ccccc1)N1CCN(C(=O)NC2CCCCC2)[C@@H](C(=O)NCCc2cnc(Cc3ccc(C#N)cc3)[nH]2)C1. The van der Waals surface area contributed by atoms with Crippen LogP contribution in [-0.4, -0.2) is 70.0 Å². The van der Waals surface area contributed by atoms with Gasteiger partial charge in [-0.25, -0.2) is 9.78 Å². The Hall–Kier alpha value is -4.16. The summed E-state index contributed by atoms with van der Waals surface area (Å²) >= 11 is 0. The van der Waals surface area contributed by atoms with Crippen molar-refractivity contribution in [3.8, 4) is 6.07 Å². The highest BCUT2D eigenvalue weighted by molar-refractivity contribution is 5.87. The molecule has 9 heteroatoms. The van der Waals surface area contributed by atoms with Gasteiger partial charge in [0.2, 0.25) is 5.91 Å². The van der Waals surface area contributed by atoms with Crippen molar-refractivity contribution in [1.82, 2.24) is 30.4 Å². The maximum Gasteiger partial charge on any atom is 0.318 e. The number of rotatable bonds is 9. The summed E-state index contributed by atoms with van der Waals surface area (Å²) in [4.78, 5) is 38.9. The minimum absolute atomic E-state index is 0.129. The molecule has 3 aromatic rings. The number of imidazole rings is 1. The average Bonchev–Trinajstić information content (AvgIpc) is 3.48. The van der Waals surface area contributed by atoms with E-state index in [9.17, 15) is 9.59 Å². The molecule has 2 aromatic carbocycles. The van der Waals surface area contributed by atoms with Gasteiger partial charge in [-0.15, -0.1) is 0 Å². The summed E-state index contributed by atoms with van der Waals surface area (Å²) in [6.45, 7) is 4.32. The molecule has 1 aliphatic heterocycles. The van der Waals surface area contributed by atoms with E-state index in [1.807, 2.05) is 30.3 Å². The zero-order valence-electron chi connectivity index (χ0n) is 24.4. The van der Waals surface area contributed by atoms with Gasteiger partial charge in [0.05, 0.1) is 11.6 Å². The smallest absolute Gasteiger partial charge is 0.318 e. The van der Waals surface area contributed by atoms with Crippen LogP contribution in [0.25, 0.3) is 0 Å². The number of nitrogens with one attached hydrogen (secondary N) is 3. The molecule has 2 fully saturated rings. The highest BCUT2D eigenvalue weighted by atomic mass is 16.2. The molecule has 1 aliphatic carbocycles. The van der Waals surface area contributed by atoms with E-state index in [0.29, 0.717) is 44.6 Å². The first-order chi connectivity index (χ1) is 20.5. The van der Waals surface area contributed by atoms with Crippen LogP contribution in [0.5, 0.6) is 0 Å². The van der Waals surface area contributed by atoms with Crippen LogP contribution in [0.3, 0.4) is 0 Å². The zero-order chi connectivity index (χ0) is 29.3. The molecule has 0 radical (unpaired) electrons. The summed E-state index contributed by atoms with van der Waals surface area (Å²) in [7, 11) is 0. The molecule has 1 unspecified atom stereocenters. The monoisotopic (exact) mass is 567 g/mol. The molecule has 42 heavy (non-hydrogen) atoms. The number of piperazine rings is 1. The van der Waals surface area contributed by atoms with Crippen LogP contribution in [0, 0.1) is 11.3 Å². The Kier molecular flexibility index (Phi) is 9.88. The van der Waals surface area contributed by atoms with Crippen molar-refractivity contribution in [2.45, 2.75) is 70.0 Å². The first kappa shape index (κ1) is 29.3. The van der Waals surface area contributed by atoms with E-state index in [2.05, 4.69) is 50.6 Å². The molecule has 0 spiro atoms. The Bertz CT molecular complexity index is 1360. The second-order valence-electron chi connectivity index (χ2n) is 11.5. The number of nitrogens with zero attached hydrogens (tertiary/aromatic N) is 4. The summed E-state index contributed by atoms with van der Waals surface area (Å²) in [5.74, 6) is 0.709. The highest BCUT2D eigenvalue weighted by Crippen LogP contribution is 2.24. The van der Waals surface area contributed by atoms with E-state index in [-0.39, 0.29) is 24.0 Å². The van der Waals surface area contributed by atoms with E-state index < -0.39 is 6.04 Å². The van der Waals surface area contributed by atoms with Gasteiger partial charge in [-0.05, 0) is 43.0 Å². The second-order valence-corrected chi connectivity index (χ2v) is 11.5. The van der Waals surface area contributed by atoms with Gasteiger partial charge in [-0.1, -0.05) is 61.7 Å². The summed E-state index contributed by atoms with van der Waals surface area (Å²) in [5, 5.41) is 15.3. The number of aromatic nitrogens is 2. The molecule has 3 amide bonds. The zero-order valence-corrected chi connectivity index (χ0v) is 24.4. The summed E-state index contributed by atoms with van der Waals surface area (Å²) in [6.07, 6.45) is 8.56. The second kappa shape index (κ2) is 14.1. The number of H-pyrrole nitrogens is 1. The van der Waals surface area contributed by atoms with Crippen molar-refractivity contribution < 1.29 is 9.59 Å². The molecule has 1 aromatic heterocycles.